The molecule has 0 bridgehead atoms. The molecular weight excluding hydrogens is 554 g/mol. The van der Waals surface area contributed by atoms with Crippen molar-refractivity contribution in [3.63, 3.8) is 0 Å². The SMILES string of the molecule is FC(F)(F)Oc1ccc(/C=N/Nc2nc(Nc3ccc(Cl)cc3)nc(-c3ccc(OC(F)(F)F)cc3)n2)cc1. The normalized spacial score (nSPS) is 11.9. The van der Waals surface area contributed by atoms with Crippen LogP contribution in [-0.4, -0.2) is 33.9 Å². The molecule has 39 heavy (non-hydrogen) atoms. The number of nitrogens with zero attached hydrogens (tertiary/aromatic N) is 4. The zero-order valence-corrected chi connectivity index (χ0v) is 20.0. The van der Waals surface area contributed by atoms with Gasteiger partial charge in [0, 0.05) is 16.3 Å². The number of benzene rings is 3. The molecule has 1 aromatic heterocycles. The summed E-state index contributed by atoms with van der Waals surface area (Å²) in [5.74, 6) is -0.690. The Kier molecular flexibility index (Phi) is 8.04. The number of hydrazone groups is 1. The highest BCUT2D eigenvalue weighted by molar-refractivity contribution is 6.30. The summed E-state index contributed by atoms with van der Waals surface area (Å²) in [6.07, 6.45) is -8.35. The van der Waals surface area contributed by atoms with Crippen LogP contribution in [0.1, 0.15) is 5.56 Å². The maximum atomic E-state index is 12.5. The van der Waals surface area contributed by atoms with Crippen LogP contribution in [0, 0.1) is 0 Å². The molecule has 0 aliphatic heterocycles. The van der Waals surface area contributed by atoms with Crippen molar-refractivity contribution in [1.82, 2.24) is 15.0 Å². The molecule has 0 fully saturated rings. The van der Waals surface area contributed by atoms with E-state index < -0.39 is 18.5 Å². The lowest BCUT2D eigenvalue weighted by Gasteiger charge is -2.11. The van der Waals surface area contributed by atoms with Crippen LogP contribution in [0.25, 0.3) is 11.4 Å². The van der Waals surface area contributed by atoms with E-state index >= 15 is 0 Å². The second kappa shape index (κ2) is 11.4. The van der Waals surface area contributed by atoms with Crippen LogP contribution in [0.5, 0.6) is 11.5 Å². The van der Waals surface area contributed by atoms with Gasteiger partial charge in [-0.3, -0.25) is 0 Å². The Morgan fingerprint density at radius 1 is 0.692 bits per heavy atom. The monoisotopic (exact) mass is 568 g/mol. The Morgan fingerprint density at radius 2 is 1.23 bits per heavy atom. The van der Waals surface area contributed by atoms with Crippen molar-refractivity contribution in [3.8, 4) is 22.9 Å². The first kappa shape index (κ1) is 27.4. The minimum atomic E-state index is -4.84. The average molecular weight is 569 g/mol. The molecule has 1 heterocycles. The van der Waals surface area contributed by atoms with E-state index in [-0.39, 0.29) is 23.5 Å². The molecule has 0 spiro atoms. The molecule has 0 aliphatic rings. The molecule has 15 heteroatoms. The van der Waals surface area contributed by atoms with Crippen LogP contribution in [0.3, 0.4) is 0 Å². The van der Waals surface area contributed by atoms with E-state index in [2.05, 4.69) is 40.3 Å². The predicted octanol–water partition coefficient (Wildman–Crippen LogP) is 7.18. The summed E-state index contributed by atoms with van der Waals surface area (Å²) in [4.78, 5) is 12.8. The fourth-order valence-electron chi connectivity index (χ4n) is 3.00. The average Bonchev–Trinajstić information content (AvgIpc) is 2.85. The summed E-state index contributed by atoms with van der Waals surface area (Å²) >= 11 is 5.91. The lowest BCUT2D eigenvalue weighted by atomic mass is 10.2. The molecule has 3 aromatic carbocycles. The smallest absolute Gasteiger partial charge is 0.406 e. The molecule has 4 rings (SSSR count). The molecular formula is C24H15ClF6N6O2. The van der Waals surface area contributed by atoms with Gasteiger partial charge in [-0.05, 0) is 78.4 Å². The summed E-state index contributed by atoms with van der Waals surface area (Å²) in [6, 6.07) is 16.4. The molecule has 202 valence electrons. The lowest BCUT2D eigenvalue weighted by molar-refractivity contribution is -0.275. The highest BCUT2D eigenvalue weighted by Gasteiger charge is 2.31. The second-order valence-corrected chi connectivity index (χ2v) is 7.93. The quantitative estimate of drug-likeness (QED) is 0.132. The lowest BCUT2D eigenvalue weighted by Crippen LogP contribution is -2.17. The van der Waals surface area contributed by atoms with Gasteiger partial charge in [0.05, 0.1) is 6.21 Å². The topological polar surface area (TPSA) is 93.6 Å². The van der Waals surface area contributed by atoms with Crippen molar-refractivity contribution < 1.29 is 35.8 Å². The largest absolute Gasteiger partial charge is 0.573 e. The number of hydrogen-bond acceptors (Lipinski definition) is 8. The van der Waals surface area contributed by atoms with Gasteiger partial charge in [-0.1, -0.05) is 11.6 Å². The van der Waals surface area contributed by atoms with E-state index in [4.69, 9.17) is 11.6 Å². The number of ether oxygens (including phenoxy) is 2. The molecule has 4 aromatic rings. The van der Waals surface area contributed by atoms with Crippen LogP contribution < -0.4 is 20.2 Å². The summed E-state index contributed by atoms with van der Waals surface area (Å²) in [6.45, 7) is 0. The van der Waals surface area contributed by atoms with Crippen molar-refractivity contribution in [1.29, 1.82) is 0 Å². The van der Waals surface area contributed by atoms with Crippen molar-refractivity contribution in [2.75, 3.05) is 10.7 Å². The van der Waals surface area contributed by atoms with Gasteiger partial charge in [-0.15, -0.1) is 26.3 Å². The molecule has 0 aliphatic carbocycles. The van der Waals surface area contributed by atoms with Crippen LogP contribution in [0.2, 0.25) is 5.02 Å². The van der Waals surface area contributed by atoms with Crippen molar-refractivity contribution in [2.24, 2.45) is 5.10 Å². The molecule has 0 amide bonds. The number of halogens is 7. The molecule has 0 saturated carbocycles. The predicted molar refractivity (Wildman–Crippen MR) is 131 cm³/mol. The van der Waals surface area contributed by atoms with E-state index in [0.717, 1.165) is 24.3 Å². The van der Waals surface area contributed by atoms with E-state index in [1.54, 1.807) is 24.3 Å². The Hall–Kier alpha value is -4.59. The van der Waals surface area contributed by atoms with Crippen molar-refractivity contribution >= 4 is 35.4 Å². The fourth-order valence-corrected chi connectivity index (χ4v) is 3.13. The maximum absolute atomic E-state index is 12.5. The van der Waals surface area contributed by atoms with Crippen LogP contribution in [0.4, 0.5) is 43.9 Å². The third kappa shape index (κ3) is 8.74. The standard InChI is InChI=1S/C24H15ClF6N6O2/c25-16-5-7-17(8-6-16)33-21-34-20(15-3-11-19(12-4-15)39-24(29,30)31)35-22(36-21)37-32-13-14-1-9-18(10-2-14)38-23(26,27)28/h1-13H,(H2,33,34,35,36,37)/b32-13+. The van der Waals surface area contributed by atoms with Gasteiger partial charge >= 0.3 is 12.7 Å². The number of nitrogens with one attached hydrogen (secondary N) is 2. The zero-order chi connectivity index (χ0) is 28.0. The number of anilines is 3. The summed E-state index contributed by atoms with van der Waals surface area (Å²) < 4.78 is 82.1. The van der Waals surface area contributed by atoms with Crippen LogP contribution >= 0.6 is 11.6 Å². The Bertz CT molecular complexity index is 1430. The summed E-state index contributed by atoms with van der Waals surface area (Å²) in [7, 11) is 0. The minimum absolute atomic E-state index is 0.0413. The Labute approximate surface area is 221 Å². The highest BCUT2D eigenvalue weighted by Crippen LogP contribution is 2.27. The van der Waals surface area contributed by atoms with E-state index in [1.807, 2.05) is 0 Å². The molecule has 8 nitrogen and oxygen atoms in total. The van der Waals surface area contributed by atoms with Gasteiger partial charge in [-0.25, -0.2) is 5.43 Å². The molecule has 2 N–H and O–H groups in total. The first-order valence-electron chi connectivity index (χ1n) is 10.7. The van der Waals surface area contributed by atoms with Crippen molar-refractivity contribution in [2.45, 2.75) is 12.7 Å². The Morgan fingerprint density at radius 3 is 1.79 bits per heavy atom. The summed E-state index contributed by atoms with van der Waals surface area (Å²) in [5, 5.41) is 7.46. The first-order valence-corrected chi connectivity index (χ1v) is 11.1. The van der Waals surface area contributed by atoms with Gasteiger partial charge in [0.1, 0.15) is 11.5 Å². The minimum Gasteiger partial charge on any atom is -0.406 e. The van der Waals surface area contributed by atoms with Gasteiger partial charge in [0.15, 0.2) is 5.82 Å². The van der Waals surface area contributed by atoms with Gasteiger partial charge in [-0.2, -0.15) is 20.1 Å². The second-order valence-electron chi connectivity index (χ2n) is 7.50. The molecule has 0 atom stereocenters. The third-order valence-electron chi connectivity index (χ3n) is 4.57. The fraction of sp³-hybridized carbons (Fsp3) is 0.0833. The zero-order valence-electron chi connectivity index (χ0n) is 19.3. The summed E-state index contributed by atoms with van der Waals surface area (Å²) in [5.41, 5.74) is 3.96. The van der Waals surface area contributed by atoms with Gasteiger partial charge < -0.3 is 14.8 Å². The van der Waals surface area contributed by atoms with E-state index in [1.165, 1.54) is 30.5 Å². The van der Waals surface area contributed by atoms with Crippen LogP contribution in [0.15, 0.2) is 77.9 Å². The molecule has 0 radical (unpaired) electrons. The number of hydrogen-bond donors (Lipinski definition) is 2. The van der Waals surface area contributed by atoms with Gasteiger partial charge in [0.2, 0.25) is 11.9 Å². The van der Waals surface area contributed by atoms with Crippen LogP contribution in [-0.2, 0) is 0 Å². The maximum Gasteiger partial charge on any atom is 0.573 e. The first-order chi connectivity index (χ1) is 18.4. The molecule has 0 unspecified atom stereocenters. The van der Waals surface area contributed by atoms with Gasteiger partial charge in [0.25, 0.3) is 0 Å². The number of rotatable bonds is 8. The number of alkyl halides is 6. The van der Waals surface area contributed by atoms with E-state index in [0.29, 0.717) is 21.8 Å². The van der Waals surface area contributed by atoms with E-state index in [9.17, 15) is 26.3 Å². The highest BCUT2D eigenvalue weighted by atomic mass is 35.5. The van der Waals surface area contributed by atoms with Crippen molar-refractivity contribution in [3.05, 3.63) is 83.4 Å². The third-order valence-corrected chi connectivity index (χ3v) is 4.83. The molecule has 0 saturated heterocycles. The Balaban J connectivity index is 1.56. The number of aromatic nitrogens is 3.